The average molecular weight is 585 g/mol. The molecule has 0 saturated carbocycles. The fourth-order valence-electron chi connectivity index (χ4n) is 3.03. The van der Waals surface area contributed by atoms with Gasteiger partial charge in [-0.2, -0.15) is 4.31 Å². The molecule has 0 spiro atoms. The molecule has 1 N–H and O–H groups in total. The molecule has 1 aliphatic heterocycles. The minimum absolute atomic E-state index is 0.121. The van der Waals surface area contributed by atoms with E-state index in [2.05, 4.69) is 32.9 Å². The van der Waals surface area contributed by atoms with Crippen LogP contribution in [0.25, 0.3) is 11.3 Å². The van der Waals surface area contributed by atoms with E-state index in [1.165, 1.54) is 15.6 Å². The molecule has 8 nitrogen and oxygen atoms in total. The van der Waals surface area contributed by atoms with E-state index in [0.29, 0.717) is 42.9 Å². The van der Waals surface area contributed by atoms with Crippen molar-refractivity contribution in [1.29, 1.82) is 0 Å². The molecule has 1 amide bonds. The number of hydrogen-bond donors (Lipinski definition) is 1. The second-order valence-electron chi connectivity index (χ2n) is 6.87. The minimum atomic E-state index is -3.54. The van der Waals surface area contributed by atoms with Gasteiger partial charge >= 0.3 is 0 Å². The van der Waals surface area contributed by atoms with E-state index in [1.807, 2.05) is 12.1 Å². The average Bonchev–Trinajstić information content (AvgIpc) is 3.28. The highest BCUT2D eigenvalue weighted by Crippen LogP contribution is 2.27. The number of benzene rings is 2. The molecule has 3 aromatic rings. The quantitative estimate of drug-likeness (QED) is 0.427. The number of morpholine rings is 1. The molecule has 4 rings (SSSR count). The van der Waals surface area contributed by atoms with Crippen LogP contribution < -0.4 is 10.1 Å². The Kier molecular flexibility index (Phi) is 7.40. The Morgan fingerprint density at radius 2 is 1.81 bits per heavy atom. The summed E-state index contributed by atoms with van der Waals surface area (Å²) < 4.78 is 38.7. The van der Waals surface area contributed by atoms with Crippen molar-refractivity contribution in [3.63, 3.8) is 0 Å². The van der Waals surface area contributed by atoms with Crippen LogP contribution in [0.15, 0.2) is 58.8 Å². The van der Waals surface area contributed by atoms with Gasteiger partial charge in [0.2, 0.25) is 10.0 Å². The van der Waals surface area contributed by atoms with Gasteiger partial charge in [-0.1, -0.05) is 12.1 Å². The number of anilines is 1. The number of nitrogens with zero attached hydrogens (tertiary/aromatic N) is 2. The summed E-state index contributed by atoms with van der Waals surface area (Å²) in [7, 11) is -3.54. The molecule has 1 fully saturated rings. The molecule has 32 heavy (non-hydrogen) atoms. The fraction of sp³-hybridized carbons (Fsp3) is 0.238. The number of nitrogens with one attached hydrogen (secondary N) is 1. The lowest BCUT2D eigenvalue weighted by atomic mass is 10.2. The van der Waals surface area contributed by atoms with Gasteiger partial charge in [0.15, 0.2) is 11.7 Å². The topological polar surface area (TPSA) is 97.8 Å². The number of halogens is 1. The Bertz CT molecular complexity index is 1170. The molecule has 0 bridgehead atoms. The van der Waals surface area contributed by atoms with Crippen molar-refractivity contribution < 1.29 is 22.7 Å². The summed E-state index contributed by atoms with van der Waals surface area (Å²) >= 11 is 3.49. The summed E-state index contributed by atoms with van der Waals surface area (Å²) in [5, 5.41) is 4.97. The molecule has 0 radical (unpaired) electrons. The monoisotopic (exact) mass is 585 g/mol. The van der Waals surface area contributed by atoms with Crippen LogP contribution in [-0.2, 0) is 19.6 Å². The third-order valence-corrected chi connectivity index (χ3v) is 8.08. The molecular weight excluding hydrogens is 565 g/mol. The van der Waals surface area contributed by atoms with Gasteiger partial charge in [0.1, 0.15) is 5.75 Å². The Balaban J connectivity index is 1.36. The molecule has 1 saturated heterocycles. The van der Waals surface area contributed by atoms with Crippen LogP contribution in [-0.4, -0.2) is 56.5 Å². The van der Waals surface area contributed by atoms with Gasteiger partial charge in [-0.25, -0.2) is 13.4 Å². The molecule has 0 aliphatic carbocycles. The molecule has 1 aliphatic rings. The van der Waals surface area contributed by atoms with Gasteiger partial charge in [0.25, 0.3) is 5.91 Å². The lowest BCUT2D eigenvalue weighted by Gasteiger charge is -2.26. The Morgan fingerprint density at radius 1 is 1.12 bits per heavy atom. The SMILES string of the molecule is O=C(COc1ccc(I)cc1)Nc1nc(-c2ccc(S(=O)(=O)N3CCOCC3)cc2)cs1. The van der Waals surface area contributed by atoms with Gasteiger partial charge in [-0.05, 0) is 59.0 Å². The number of aromatic nitrogens is 1. The van der Waals surface area contributed by atoms with Crippen molar-refractivity contribution in [1.82, 2.24) is 9.29 Å². The predicted octanol–water partition coefficient (Wildman–Crippen LogP) is 3.45. The first-order chi connectivity index (χ1) is 15.4. The van der Waals surface area contributed by atoms with Crippen LogP contribution in [0.5, 0.6) is 5.75 Å². The van der Waals surface area contributed by atoms with E-state index in [4.69, 9.17) is 9.47 Å². The van der Waals surface area contributed by atoms with Crippen molar-refractivity contribution >= 4 is 55.0 Å². The maximum Gasteiger partial charge on any atom is 0.264 e. The fourth-order valence-corrected chi connectivity index (χ4v) is 5.54. The van der Waals surface area contributed by atoms with E-state index >= 15 is 0 Å². The van der Waals surface area contributed by atoms with Crippen LogP contribution in [0, 0.1) is 3.57 Å². The number of thiazole rings is 1. The third kappa shape index (κ3) is 5.64. The number of amides is 1. The number of carbonyl (C=O) groups is 1. The second kappa shape index (κ2) is 10.3. The van der Waals surface area contributed by atoms with E-state index < -0.39 is 10.0 Å². The zero-order chi connectivity index (χ0) is 22.6. The van der Waals surface area contributed by atoms with Crippen molar-refractivity contribution in [2.45, 2.75) is 4.90 Å². The van der Waals surface area contributed by atoms with Crippen LogP contribution in [0.3, 0.4) is 0 Å². The van der Waals surface area contributed by atoms with Crippen molar-refractivity contribution in [2.75, 3.05) is 38.2 Å². The molecule has 11 heteroatoms. The third-order valence-electron chi connectivity index (χ3n) is 4.69. The number of carbonyl (C=O) groups excluding carboxylic acids is 1. The highest BCUT2D eigenvalue weighted by Gasteiger charge is 2.26. The first-order valence-electron chi connectivity index (χ1n) is 9.74. The van der Waals surface area contributed by atoms with Crippen molar-refractivity contribution in [3.05, 3.63) is 57.5 Å². The highest BCUT2D eigenvalue weighted by molar-refractivity contribution is 14.1. The summed E-state index contributed by atoms with van der Waals surface area (Å²) in [5.41, 5.74) is 1.41. The number of sulfonamides is 1. The normalized spacial score (nSPS) is 14.8. The lowest BCUT2D eigenvalue weighted by Crippen LogP contribution is -2.40. The Hall–Kier alpha value is -2.06. The predicted molar refractivity (Wildman–Crippen MR) is 130 cm³/mol. The summed E-state index contributed by atoms with van der Waals surface area (Å²) in [6, 6.07) is 14.0. The Morgan fingerprint density at radius 3 is 2.50 bits per heavy atom. The Labute approximate surface area is 203 Å². The maximum atomic E-state index is 12.7. The van der Waals surface area contributed by atoms with Crippen LogP contribution in [0.4, 0.5) is 5.13 Å². The minimum Gasteiger partial charge on any atom is -0.484 e. The summed E-state index contributed by atoms with van der Waals surface area (Å²) in [4.78, 5) is 16.8. The molecule has 2 aromatic carbocycles. The zero-order valence-corrected chi connectivity index (χ0v) is 20.7. The summed E-state index contributed by atoms with van der Waals surface area (Å²) in [5.74, 6) is 0.309. The molecule has 1 aromatic heterocycles. The molecule has 2 heterocycles. The molecule has 168 valence electrons. The second-order valence-corrected chi connectivity index (χ2v) is 10.9. The van der Waals surface area contributed by atoms with E-state index in [9.17, 15) is 13.2 Å². The van der Waals surface area contributed by atoms with Crippen molar-refractivity contribution in [2.24, 2.45) is 0 Å². The van der Waals surface area contributed by atoms with E-state index in [-0.39, 0.29) is 17.4 Å². The maximum absolute atomic E-state index is 12.7. The largest absolute Gasteiger partial charge is 0.484 e. The molecule has 0 unspecified atom stereocenters. The van der Waals surface area contributed by atoms with Gasteiger partial charge in [-0.15, -0.1) is 11.3 Å². The summed E-state index contributed by atoms with van der Waals surface area (Å²) in [6.45, 7) is 1.39. The molecular formula is C21H20IN3O5S2. The highest BCUT2D eigenvalue weighted by atomic mass is 127. The van der Waals surface area contributed by atoms with Gasteiger partial charge < -0.3 is 9.47 Å². The van der Waals surface area contributed by atoms with Crippen LogP contribution >= 0.6 is 33.9 Å². The van der Waals surface area contributed by atoms with Crippen molar-refractivity contribution in [3.8, 4) is 17.0 Å². The molecule has 0 atom stereocenters. The number of ether oxygens (including phenoxy) is 2. The number of hydrogen-bond acceptors (Lipinski definition) is 7. The van der Waals surface area contributed by atoms with Crippen LogP contribution in [0.1, 0.15) is 0 Å². The smallest absolute Gasteiger partial charge is 0.264 e. The number of rotatable bonds is 7. The first-order valence-corrected chi connectivity index (χ1v) is 13.1. The first kappa shape index (κ1) is 23.1. The summed E-state index contributed by atoms with van der Waals surface area (Å²) in [6.07, 6.45) is 0. The van der Waals surface area contributed by atoms with E-state index in [1.54, 1.807) is 41.8 Å². The van der Waals surface area contributed by atoms with Gasteiger partial charge in [-0.3, -0.25) is 10.1 Å². The van der Waals surface area contributed by atoms with Gasteiger partial charge in [0, 0.05) is 27.6 Å². The standard InChI is InChI=1S/C21H20IN3O5S2/c22-16-3-5-17(6-4-16)30-13-20(26)24-21-23-19(14-31-21)15-1-7-18(8-2-15)32(27,28)25-9-11-29-12-10-25/h1-8,14H,9-13H2,(H,23,24,26). The van der Waals surface area contributed by atoms with Crippen LogP contribution in [0.2, 0.25) is 0 Å². The zero-order valence-electron chi connectivity index (χ0n) is 16.9. The van der Waals surface area contributed by atoms with E-state index in [0.717, 1.165) is 9.13 Å². The lowest BCUT2D eigenvalue weighted by molar-refractivity contribution is -0.118. The van der Waals surface area contributed by atoms with Gasteiger partial charge in [0.05, 0.1) is 23.8 Å².